The lowest BCUT2D eigenvalue weighted by Gasteiger charge is -2.32. The molecule has 0 heterocycles. The minimum Gasteiger partial charge on any atom is -0.314 e. The summed E-state index contributed by atoms with van der Waals surface area (Å²) in [4.78, 5) is 10.9. The second-order valence-electron chi connectivity index (χ2n) is 5.80. The highest BCUT2D eigenvalue weighted by atomic mass is 35.5. The fourth-order valence-corrected chi connectivity index (χ4v) is 3.48. The van der Waals surface area contributed by atoms with Gasteiger partial charge in [-0.15, -0.1) is 0 Å². The van der Waals surface area contributed by atoms with Crippen LogP contribution in [-0.4, -0.2) is 17.5 Å². The van der Waals surface area contributed by atoms with Crippen LogP contribution in [0.4, 0.5) is 5.69 Å². The normalized spacial score (nSPS) is 22.2. The molecule has 1 aromatic rings. The molecule has 5 heteroatoms. The van der Waals surface area contributed by atoms with Crippen molar-refractivity contribution in [3.8, 4) is 0 Å². The molecule has 21 heavy (non-hydrogen) atoms. The van der Waals surface area contributed by atoms with Gasteiger partial charge in [0.1, 0.15) is 0 Å². The summed E-state index contributed by atoms with van der Waals surface area (Å²) >= 11 is 6.22. The number of nitrogens with zero attached hydrogens (tertiary/aromatic N) is 1. The SMILES string of the molecule is CCCNC1CCCCC1Cc1c(Cl)cccc1[N+](=O)[O-]. The summed E-state index contributed by atoms with van der Waals surface area (Å²) in [6, 6.07) is 5.41. The highest BCUT2D eigenvalue weighted by Gasteiger charge is 2.28. The molecule has 116 valence electrons. The van der Waals surface area contributed by atoms with Crippen molar-refractivity contribution < 1.29 is 4.92 Å². The molecule has 2 atom stereocenters. The van der Waals surface area contributed by atoms with Crippen LogP contribution in [0.25, 0.3) is 0 Å². The van der Waals surface area contributed by atoms with Crippen LogP contribution in [-0.2, 0) is 6.42 Å². The predicted octanol–water partition coefficient (Wildman–Crippen LogP) is 4.35. The van der Waals surface area contributed by atoms with E-state index in [1.165, 1.54) is 12.8 Å². The van der Waals surface area contributed by atoms with Crippen molar-refractivity contribution in [2.24, 2.45) is 5.92 Å². The summed E-state index contributed by atoms with van der Waals surface area (Å²) in [5.74, 6) is 0.434. The van der Waals surface area contributed by atoms with Gasteiger partial charge in [-0.3, -0.25) is 10.1 Å². The maximum absolute atomic E-state index is 11.2. The first kappa shape index (κ1) is 16.2. The molecule has 1 fully saturated rings. The zero-order chi connectivity index (χ0) is 15.2. The summed E-state index contributed by atoms with van der Waals surface area (Å²) in [6.07, 6.45) is 6.51. The molecule has 1 aromatic carbocycles. The van der Waals surface area contributed by atoms with Gasteiger partial charge in [-0.1, -0.05) is 37.4 Å². The minimum absolute atomic E-state index is 0.155. The van der Waals surface area contributed by atoms with E-state index in [0.29, 0.717) is 29.0 Å². The number of halogens is 1. The molecule has 0 bridgehead atoms. The van der Waals surface area contributed by atoms with E-state index in [9.17, 15) is 10.1 Å². The van der Waals surface area contributed by atoms with E-state index in [4.69, 9.17) is 11.6 Å². The van der Waals surface area contributed by atoms with E-state index in [1.54, 1.807) is 18.2 Å². The monoisotopic (exact) mass is 310 g/mol. The fourth-order valence-electron chi connectivity index (χ4n) is 3.23. The van der Waals surface area contributed by atoms with Crippen LogP contribution in [0.3, 0.4) is 0 Å². The largest absolute Gasteiger partial charge is 0.314 e. The molecular weight excluding hydrogens is 288 g/mol. The molecule has 0 amide bonds. The molecule has 2 rings (SSSR count). The lowest BCUT2D eigenvalue weighted by atomic mass is 9.80. The summed E-state index contributed by atoms with van der Waals surface area (Å²) in [6.45, 7) is 3.16. The van der Waals surface area contributed by atoms with Crippen molar-refractivity contribution in [3.63, 3.8) is 0 Å². The summed E-state index contributed by atoms with van der Waals surface area (Å²) < 4.78 is 0. The van der Waals surface area contributed by atoms with Crippen molar-refractivity contribution in [2.75, 3.05) is 6.54 Å². The Kier molecular flexibility index (Phi) is 6.00. The third-order valence-corrected chi connectivity index (χ3v) is 4.68. The maximum atomic E-state index is 11.2. The van der Waals surface area contributed by atoms with E-state index < -0.39 is 0 Å². The van der Waals surface area contributed by atoms with E-state index in [0.717, 1.165) is 25.8 Å². The van der Waals surface area contributed by atoms with Crippen molar-refractivity contribution in [1.82, 2.24) is 5.32 Å². The Morgan fingerprint density at radius 3 is 2.86 bits per heavy atom. The van der Waals surface area contributed by atoms with E-state index in [-0.39, 0.29) is 10.6 Å². The number of rotatable bonds is 6. The number of nitro benzene ring substituents is 1. The van der Waals surface area contributed by atoms with E-state index in [1.807, 2.05) is 0 Å². The molecule has 0 spiro atoms. The first-order valence-electron chi connectivity index (χ1n) is 7.78. The Balaban J connectivity index is 2.17. The standard InChI is InChI=1S/C16H23ClN2O2/c1-2-10-18-15-8-4-3-6-12(15)11-13-14(17)7-5-9-16(13)19(20)21/h5,7,9,12,15,18H,2-4,6,8,10-11H2,1H3. The Labute approximate surface area is 131 Å². The molecular formula is C16H23ClN2O2. The Morgan fingerprint density at radius 1 is 1.38 bits per heavy atom. The number of nitrogens with one attached hydrogen (secondary N) is 1. The zero-order valence-electron chi connectivity index (χ0n) is 12.5. The predicted molar refractivity (Wildman–Crippen MR) is 85.9 cm³/mol. The first-order valence-corrected chi connectivity index (χ1v) is 8.16. The third-order valence-electron chi connectivity index (χ3n) is 4.32. The van der Waals surface area contributed by atoms with Gasteiger partial charge >= 0.3 is 0 Å². The van der Waals surface area contributed by atoms with E-state index >= 15 is 0 Å². The van der Waals surface area contributed by atoms with Gasteiger partial charge in [0.2, 0.25) is 0 Å². The molecule has 1 N–H and O–H groups in total. The Bertz CT molecular complexity index is 493. The molecule has 1 saturated carbocycles. The van der Waals surface area contributed by atoms with Crippen LogP contribution in [0.5, 0.6) is 0 Å². The van der Waals surface area contributed by atoms with Crippen LogP contribution in [0.15, 0.2) is 18.2 Å². The highest BCUT2D eigenvalue weighted by Crippen LogP contribution is 2.34. The van der Waals surface area contributed by atoms with Crippen molar-refractivity contribution in [2.45, 2.75) is 51.5 Å². The first-order chi connectivity index (χ1) is 10.1. The van der Waals surface area contributed by atoms with Gasteiger partial charge in [0.05, 0.1) is 9.95 Å². The molecule has 0 saturated heterocycles. The van der Waals surface area contributed by atoms with Gasteiger partial charge in [0, 0.05) is 17.7 Å². The van der Waals surface area contributed by atoms with Crippen LogP contribution < -0.4 is 5.32 Å². The van der Waals surface area contributed by atoms with Gasteiger partial charge < -0.3 is 5.32 Å². The Morgan fingerprint density at radius 2 is 2.14 bits per heavy atom. The number of hydrogen-bond acceptors (Lipinski definition) is 3. The van der Waals surface area contributed by atoms with Crippen molar-refractivity contribution in [1.29, 1.82) is 0 Å². The van der Waals surface area contributed by atoms with Crippen LogP contribution in [0.1, 0.15) is 44.6 Å². The van der Waals surface area contributed by atoms with Gasteiger partial charge in [0.15, 0.2) is 0 Å². The fraction of sp³-hybridized carbons (Fsp3) is 0.625. The summed E-state index contributed by atoms with van der Waals surface area (Å²) in [7, 11) is 0. The van der Waals surface area contributed by atoms with E-state index in [2.05, 4.69) is 12.2 Å². The number of nitro groups is 1. The van der Waals surface area contributed by atoms with Crippen LogP contribution >= 0.6 is 11.6 Å². The van der Waals surface area contributed by atoms with Crippen molar-refractivity contribution >= 4 is 17.3 Å². The smallest absolute Gasteiger partial charge is 0.274 e. The molecule has 2 unspecified atom stereocenters. The maximum Gasteiger partial charge on any atom is 0.274 e. The van der Waals surface area contributed by atoms with Crippen LogP contribution in [0.2, 0.25) is 5.02 Å². The summed E-state index contributed by atoms with van der Waals surface area (Å²) in [5.41, 5.74) is 0.849. The zero-order valence-corrected chi connectivity index (χ0v) is 13.2. The van der Waals surface area contributed by atoms with Crippen LogP contribution in [0, 0.1) is 16.0 Å². The molecule has 4 nitrogen and oxygen atoms in total. The molecule has 0 aliphatic heterocycles. The Hall–Kier alpha value is -1.13. The number of hydrogen-bond donors (Lipinski definition) is 1. The quantitative estimate of drug-likeness (QED) is 0.628. The van der Waals surface area contributed by atoms with Gasteiger partial charge in [-0.2, -0.15) is 0 Å². The molecule has 0 aromatic heterocycles. The second kappa shape index (κ2) is 7.76. The molecule has 1 aliphatic rings. The van der Waals surface area contributed by atoms with Gasteiger partial charge in [-0.25, -0.2) is 0 Å². The molecule has 1 aliphatic carbocycles. The van der Waals surface area contributed by atoms with Crippen molar-refractivity contribution in [3.05, 3.63) is 38.9 Å². The average Bonchev–Trinajstić information content (AvgIpc) is 2.48. The third kappa shape index (κ3) is 4.17. The highest BCUT2D eigenvalue weighted by molar-refractivity contribution is 6.31. The summed E-state index contributed by atoms with van der Waals surface area (Å²) in [5, 5.41) is 15.3. The minimum atomic E-state index is -0.321. The lowest BCUT2D eigenvalue weighted by Crippen LogP contribution is -2.40. The van der Waals surface area contributed by atoms with Gasteiger partial charge in [-0.05, 0) is 44.2 Å². The number of benzene rings is 1. The molecule has 0 radical (unpaired) electrons. The lowest BCUT2D eigenvalue weighted by molar-refractivity contribution is -0.385. The topological polar surface area (TPSA) is 55.2 Å². The van der Waals surface area contributed by atoms with Gasteiger partial charge in [0.25, 0.3) is 5.69 Å². The second-order valence-corrected chi connectivity index (χ2v) is 6.21. The average molecular weight is 311 g/mol.